The Hall–Kier alpha value is 0.427. The summed E-state index contributed by atoms with van der Waals surface area (Å²) in [6.45, 7) is 4.53. The lowest BCUT2D eigenvalue weighted by atomic mass is 10.0. The second-order valence-electron chi connectivity index (χ2n) is 6.06. The first kappa shape index (κ1) is 17.5. The zero-order valence-electron chi connectivity index (χ0n) is 13.1. The predicted octanol–water partition coefficient (Wildman–Crippen LogP) is 5.03. The topological polar surface area (TPSA) is 18.5 Å². The third-order valence-electron chi connectivity index (χ3n) is 4.64. The number of hydrogen-bond donors (Lipinski definition) is 0. The van der Waals surface area contributed by atoms with E-state index in [4.69, 9.17) is 20.5 Å². The maximum atomic E-state index is 6.78. The standard InChI is InChI=1S/C15H31ClO2Si/c1-5-9-13(2)12-15(16)19(17-3,18-4)14-10-7-6-8-11-14/h13-15H,5-12H2,1-4H3. The van der Waals surface area contributed by atoms with Crippen LogP contribution < -0.4 is 0 Å². The molecule has 0 aromatic heterocycles. The summed E-state index contributed by atoms with van der Waals surface area (Å²) in [5, 5.41) is 0.0761. The van der Waals surface area contributed by atoms with Crippen molar-refractivity contribution in [2.75, 3.05) is 14.2 Å². The van der Waals surface area contributed by atoms with Gasteiger partial charge >= 0.3 is 8.56 Å². The molecule has 0 aromatic rings. The second kappa shape index (κ2) is 8.66. The van der Waals surface area contributed by atoms with Crippen molar-refractivity contribution >= 4 is 20.2 Å². The summed E-state index contributed by atoms with van der Waals surface area (Å²) in [4.78, 5) is 0. The number of rotatable bonds is 8. The molecule has 1 fully saturated rings. The van der Waals surface area contributed by atoms with Crippen molar-refractivity contribution in [1.82, 2.24) is 0 Å². The summed E-state index contributed by atoms with van der Waals surface area (Å²) in [7, 11) is 1.35. The molecule has 1 aliphatic carbocycles. The molecular formula is C15H31ClO2Si. The molecule has 1 saturated carbocycles. The van der Waals surface area contributed by atoms with Crippen molar-refractivity contribution < 1.29 is 8.85 Å². The molecule has 0 bridgehead atoms. The van der Waals surface area contributed by atoms with Crippen LogP contribution in [-0.2, 0) is 8.85 Å². The quantitative estimate of drug-likeness (QED) is 0.462. The van der Waals surface area contributed by atoms with Gasteiger partial charge in [-0.15, -0.1) is 11.6 Å². The zero-order valence-corrected chi connectivity index (χ0v) is 14.8. The molecule has 0 saturated heterocycles. The molecular weight excluding hydrogens is 276 g/mol. The highest BCUT2D eigenvalue weighted by molar-refractivity contribution is 6.77. The Kier molecular flexibility index (Phi) is 7.96. The molecule has 4 heteroatoms. The summed E-state index contributed by atoms with van der Waals surface area (Å²) in [6.07, 6.45) is 9.93. The Balaban J connectivity index is 2.72. The maximum absolute atomic E-state index is 6.78. The molecule has 2 unspecified atom stereocenters. The van der Waals surface area contributed by atoms with Crippen molar-refractivity contribution in [2.24, 2.45) is 5.92 Å². The van der Waals surface area contributed by atoms with Gasteiger partial charge in [0.05, 0.1) is 5.00 Å². The second-order valence-corrected chi connectivity index (χ2v) is 10.7. The fourth-order valence-corrected chi connectivity index (χ4v) is 8.73. The van der Waals surface area contributed by atoms with Crippen LogP contribution in [0.15, 0.2) is 0 Å². The first-order valence-corrected chi connectivity index (χ1v) is 10.3. The molecule has 0 amide bonds. The lowest BCUT2D eigenvalue weighted by Crippen LogP contribution is -2.54. The first-order chi connectivity index (χ1) is 9.10. The van der Waals surface area contributed by atoms with Gasteiger partial charge in [0, 0.05) is 19.8 Å². The molecule has 0 aliphatic heterocycles. The Morgan fingerprint density at radius 1 is 1.16 bits per heavy atom. The molecule has 114 valence electrons. The highest BCUT2D eigenvalue weighted by Crippen LogP contribution is 2.42. The average Bonchev–Trinajstić information content (AvgIpc) is 2.42. The van der Waals surface area contributed by atoms with Crippen molar-refractivity contribution in [3.63, 3.8) is 0 Å². The van der Waals surface area contributed by atoms with Gasteiger partial charge in [-0.1, -0.05) is 46.0 Å². The summed E-state index contributed by atoms with van der Waals surface area (Å²) >= 11 is 6.78. The van der Waals surface area contributed by atoms with Crippen LogP contribution in [0.25, 0.3) is 0 Å². The molecule has 0 heterocycles. The Morgan fingerprint density at radius 3 is 2.21 bits per heavy atom. The SMILES string of the molecule is CCCC(C)CC(Cl)[Si](OC)(OC)C1CCCCC1. The van der Waals surface area contributed by atoms with Gasteiger partial charge in [0.1, 0.15) is 0 Å². The average molecular weight is 307 g/mol. The molecule has 0 radical (unpaired) electrons. The molecule has 2 nitrogen and oxygen atoms in total. The van der Waals surface area contributed by atoms with Crippen LogP contribution in [0.5, 0.6) is 0 Å². The van der Waals surface area contributed by atoms with E-state index in [2.05, 4.69) is 13.8 Å². The van der Waals surface area contributed by atoms with Crippen LogP contribution in [-0.4, -0.2) is 27.8 Å². The fourth-order valence-electron chi connectivity index (χ4n) is 3.56. The maximum Gasteiger partial charge on any atom is 0.359 e. The van der Waals surface area contributed by atoms with Gasteiger partial charge in [0.2, 0.25) is 0 Å². The van der Waals surface area contributed by atoms with Crippen molar-refractivity contribution in [1.29, 1.82) is 0 Å². The number of halogens is 1. The van der Waals surface area contributed by atoms with E-state index in [0.717, 1.165) is 6.42 Å². The summed E-state index contributed by atoms with van der Waals surface area (Å²) in [5.74, 6) is 0.660. The Labute approximate surface area is 125 Å². The highest BCUT2D eigenvalue weighted by Gasteiger charge is 2.50. The van der Waals surface area contributed by atoms with E-state index in [-0.39, 0.29) is 5.00 Å². The zero-order chi connectivity index (χ0) is 14.3. The Bertz CT molecular complexity index is 240. The van der Waals surface area contributed by atoms with E-state index in [1.165, 1.54) is 44.9 Å². The van der Waals surface area contributed by atoms with Gasteiger partial charge in [-0.25, -0.2) is 0 Å². The minimum absolute atomic E-state index is 0.0761. The minimum atomic E-state index is -2.27. The molecule has 0 spiro atoms. The van der Waals surface area contributed by atoms with Crippen molar-refractivity contribution in [3.8, 4) is 0 Å². The summed E-state index contributed by atoms with van der Waals surface area (Å²) in [5.41, 5.74) is 0.576. The molecule has 19 heavy (non-hydrogen) atoms. The van der Waals surface area contributed by atoms with Gasteiger partial charge in [-0.3, -0.25) is 0 Å². The largest absolute Gasteiger partial charge is 0.397 e. The van der Waals surface area contributed by atoms with E-state index in [1.54, 1.807) is 0 Å². The van der Waals surface area contributed by atoms with Crippen LogP contribution in [0.3, 0.4) is 0 Å². The monoisotopic (exact) mass is 306 g/mol. The van der Waals surface area contributed by atoms with E-state index < -0.39 is 8.56 Å². The summed E-state index contributed by atoms with van der Waals surface area (Å²) < 4.78 is 11.9. The van der Waals surface area contributed by atoms with Crippen molar-refractivity contribution in [2.45, 2.75) is 75.8 Å². The number of alkyl halides is 1. The molecule has 0 N–H and O–H groups in total. The molecule has 2 atom stereocenters. The smallest absolute Gasteiger partial charge is 0.359 e. The van der Waals surface area contributed by atoms with E-state index in [1.807, 2.05) is 14.2 Å². The third-order valence-corrected chi connectivity index (χ3v) is 9.83. The van der Waals surface area contributed by atoms with E-state index in [0.29, 0.717) is 11.5 Å². The van der Waals surface area contributed by atoms with E-state index in [9.17, 15) is 0 Å². The summed E-state index contributed by atoms with van der Waals surface area (Å²) in [6, 6.07) is 0. The molecule has 0 aromatic carbocycles. The van der Waals surface area contributed by atoms with Gasteiger partial charge < -0.3 is 8.85 Å². The highest BCUT2D eigenvalue weighted by atomic mass is 35.5. The lowest BCUT2D eigenvalue weighted by Gasteiger charge is -2.40. The fraction of sp³-hybridized carbons (Fsp3) is 1.00. The van der Waals surface area contributed by atoms with Crippen LogP contribution in [0.2, 0.25) is 5.54 Å². The predicted molar refractivity (Wildman–Crippen MR) is 84.9 cm³/mol. The van der Waals surface area contributed by atoms with E-state index >= 15 is 0 Å². The molecule has 1 aliphatic rings. The lowest BCUT2D eigenvalue weighted by molar-refractivity contribution is 0.209. The minimum Gasteiger partial charge on any atom is -0.397 e. The van der Waals surface area contributed by atoms with Gasteiger partial charge in [-0.2, -0.15) is 0 Å². The van der Waals surface area contributed by atoms with Crippen molar-refractivity contribution in [3.05, 3.63) is 0 Å². The van der Waals surface area contributed by atoms with Crippen LogP contribution >= 0.6 is 11.6 Å². The van der Waals surface area contributed by atoms with Crippen LogP contribution in [0.1, 0.15) is 65.2 Å². The third kappa shape index (κ3) is 4.45. The van der Waals surface area contributed by atoms with Gasteiger partial charge in [0.25, 0.3) is 0 Å². The van der Waals surface area contributed by atoms with Crippen LogP contribution in [0, 0.1) is 5.92 Å². The number of hydrogen-bond acceptors (Lipinski definition) is 2. The van der Waals surface area contributed by atoms with Gasteiger partial charge in [0.15, 0.2) is 0 Å². The van der Waals surface area contributed by atoms with Gasteiger partial charge in [-0.05, 0) is 25.2 Å². The Morgan fingerprint density at radius 2 is 1.74 bits per heavy atom. The van der Waals surface area contributed by atoms with Crippen LogP contribution in [0.4, 0.5) is 0 Å². The molecule has 1 rings (SSSR count). The normalized spacial score (nSPS) is 21.3. The first-order valence-electron chi connectivity index (χ1n) is 7.85.